The molecule has 1 saturated carbocycles. The van der Waals surface area contributed by atoms with Crippen molar-refractivity contribution in [2.75, 3.05) is 5.32 Å². The van der Waals surface area contributed by atoms with Gasteiger partial charge in [0.1, 0.15) is 6.10 Å². The fraction of sp³-hybridized carbons (Fsp3) is 0.526. The number of benzene rings is 1. The fourth-order valence-corrected chi connectivity index (χ4v) is 3.02. The topological polar surface area (TPSA) is 38.3 Å². The first kappa shape index (κ1) is 16.4. The molecule has 1 aliphatic rings. The molecule has 0 heterocycles. The van der Waals surface area contributed by atoms with Crippen LogP contribution in [0.2, 0.25) is 0 Å². The summed E-state index contributed by atoms with van der Waals surface area (Å²) in [7, 11) is 0. The summed E-state index contributed by atoms with van der Waals surface area (Å²) >= 11 is 0. The van der Waals surface area contributed by atoms with E-state index in [4.69, 9.17) is 11.2 Å². The molecule has 1 aromatic rings. The second-order valence-corrected chi connectivity index (χ2v) is 6.58. The van der Waals surface area contributed by atoms with E-state index in [9.17, 15) is 4.79 Å². The summed E-state index contributed by atoms with van der Waals surface area (Å²) in [5.74, 6) is 4.25. The molecule has 3 heteroatoms. The lowest BCUT2D eigenvalue weighted by atomic mass is 9.76. The van der Waals surface area contributed by atoms with E-state index < -0.39 is 0 Å². The Labute approximate surface area is 133 Å². The van der Waals surface area contributed by atoms with Crippen molar-refractivity contribution < 1.29 is 9.53 Å². The van der Waals surface area contributed by atoms with Gasteiger partial charge in [0.15, 0.2) is 0 Å². The highest BCUT2D eigenvalue weighted by Gasteiger charge is 2.31. The second kappa shape index (κ2) is 7.35. The lowest BCUT2D eigenvalue weighted by Crippen LogP contribution is -2.35. The lowest BCUT2D eigenvalue weighted by molar-refractivity contribution is 0.0246. The van der Waals surface area contributed by atoms with Crippen molar-refractivity contribution in [2.24, 2.45) is 17.8 Å². The maximum absolute atomic E-state index is 12.1. The molecule has 3 atom stereocenters. The average molecular weight is 299 g/mol. The minimum absolute atomic E-state index is 0.00568. The highest BCUT2D eigenvalue weighted by Crippen LogP contribution is 2.35. The quantitative estimate of drug-likeness (QED) is 0.823. The summed E-state index contributed by atoms with van der Waals surface area (Å²) in [6.07, 6.45) is 8.25. The zero-order chi connectivity index (χ0) is 16.1. The first-order valence-electron chi connectivity index (χ1n) is 8.04. The molecule has 22 heavy (non-hydrogen) atoms. The Morgan fingerprint density at radius 1 is 1.32 bits per heavy atom. The number of hydrogen-bond acceptors (Lipinski definition) is 2. The van der Waals surface area contributed by atoms with Crippen LogP contribution in [0.15, 0.2) is 24.3 Å². The van der Waals surface area contributed by atoms with Crippen LogP contribution in [0.1, 0.15) is 45.6 Å². The van der Waals surface area contributed by atoms with Crippen LogP contribution in [-0.2, 0) is 4.74 Å². The molecule has 0 aliphatic heterocycles. The normalized spacial score (nSPS) is 24.6. The molecule has 1 N–H and O–H groups in total. The van der Waals surface area contributed by atoms with Gasteiger partial charge in [-0.05, 0) is 61.3 Å². The van der Waals surface area contributed by atoms with Crippen molar-refractivity contribution in [3.8, 4) is 12.3 Å². The number of hydrogen-bond donors (Lipinski definition) is 1. The molecule has 0 spiro atoms. The van der Waals surface area contributed by atoms with Gasteiger partial charge in [-0.15, -0.1) is 6.42 Å². The van der Waals surface area contributed by atoms with Gasteiger partial charge < -0.3 is 4.74 Å². The van der Waals surface area contributed by atoms with Crippen molar-refractivity contribution in [3.05, 3.63) is 29.8 Å². The molecule has 0 radical (unpaired) electrons. The monoisotopic (exact) mass is 299 g/mol. The molecule has 1 amide bonds. The average Bonchev–Trinajstić information content (AvgIpc) is 2.50. The zero-order valence-electron chi connectivity index (χ0n) is 13.6. The van der Waals surface area contributed by atoms with Gasteiger partial charge in [0.25, 0.3) is 0 Å². The van der Waals surface area contributed by atoms with Crippen molar-refractivity contribution in [1.29, 1.82) is 0 Å². The Morgan fingerprint density at radius 3 is 2.59 bits per heavy atom. The lowest BCUT2D eigenvalue weighted by Gasteiger charge is -2.35. The largest absolute Gasteiger partial charge is 0.446 e. The fourth-order valence-electron chi connectivity index (χ4n) is 3.02. The molecule has 0 saturated heterocycles. The Kier molecular flexibility index (Phi) is 5.49. The van der Waals surface area contributed by atoms with Gasteiger partial charge in [-0.2, -0.15) is 0 Å². The summed E-state index contributed by atoms with van der Waals surface area (Å²) in [6, 6.07) is 7.18. The molecular weight excluding hydrogens is 274 g/mol. The zero-order valence-corrected chi connectivity index (χ0v) is 13.6. The predicted octanol–water partition coefficient (Wildman–Crippen LogP) is 4.68. The molecule has 3 nitrogen and oxygen atoms in total. The number of carbonyl (C=O) groups is 1. The van der Waals surface area contributed by atoms with Gasteiger partial charge in [0, 0.05) is 11.3 Å². The van der Waals surface area contributed by atoms with Crippen LogP contribution in [0.5, 0.6) is 0 Å². The van der Waals surface area contributed by atoms with Gasteiger partial charge in [0.05, 0.1) is 0 Å². The first-order valence-corrected chi connectivity index (χ1v) is 8.04. The smallest absolute Gasteiger partial charge is 0.411 e. The highest BCUT2D eigenvalue weighted by atomic mass is 16.6. The van der Waals surface area contributed by atoms with Crippen LogP contribution in [-0.4, -0.2) is 12.2 Å². The number of ether oxygens (including phenoxy) is 1. The van der Waals surface area contributed by atoms with E-state index >= 15 is 0 Å². The van der Waals surface area contributed by atoms with Gasteiger partial charge in [0.2, 0.25) is 0 Å². The molecule has 3 unspecified atom stereocenters. The van der Waals surface area contributed by atoms with Crippen LogP contribution in [0.25, 0.3) is 0 Å². The minimum atomic E-state index is -0.380. The number of anilines is 1. The molecule has 2 rings (SSSR count). The third kappa shape index (κ3) is 4.27. The third-order valence-corrected chi connectivity index (χ3v) is 4.66. The number of amides is 1. The van der Waals surface area contributed by atoms with E-state index in [1.165, 1.54) is 6.42 Å². The van der Waals surface area contributed by atoms with E-state index in [2.05, 4.69) is 32.0 Å². The standard InChI is InChI=1S/C19H25NO2/c1-5-15-7-10-17(11-8-15)20-19(21)22-18-12-16(13(2)3)9-6-14(18)4/h1,7-8,10-11,13-14,16,18H,6,9,12H2,2-4H3,(H,20,21). The summed E-state index contributed by atoms with van der Waals surface area (Å²) in [6.45, 7) is 6.64. The Balaban J connectivity index is 1.91. The van der Waals surface area contributed by atoms with Crippen molar-refractivity contribution >= 4 is 11.8 Å². The predicted molar refractivity (Wildman–Crippen MR) is 89.6 cm³/mol. The van der Waals surface area contributed by atoms with Crippen LogP contribution >= 0.6 is 0 Å². The maximum Gasteiger partial charge on any atom is 0.411 e. The first-order chi connectivity index (χ1) is 10.5. The number of carbonyl (C=O) groups excluding carboxylic acids is 1. The van der Waals surface area contributed by atoms with Gasteiger partial charge in [-0.1, -0.05) is 26.7 Å². The Hall–Kier alpha value is -1.95. The van der Waals surface area contributed by atoms with Gasteiger partial charge >= 0.3 is 6.09 Å². The number of nitrogens with one attached hydrogen (secondary N) is 1. The van der Waals surface area contributed by atoms with Gasteiger partial charge in [-0.25, -0.2) is 4.79 Å². The molecule has 1 aliphatic carbocycles. The molecule has 0 bridgehead atoms. The van der Waals surface area contributed by atoms with Crippen LogP contribution in [0.4, 0.5) is 10.5 Å². The number of rotatable bonds is 3. The maximum atomic E-state index is 12.1. The number of terminal acetylenes is 1. The second-order valence-electron chi connectivity index (χ2n) is 6.58. The Morgan fingerprint density at radius 2 is 2.00 bits per heavy atom. The highest BCUT2D eigenvalue weighted by molar-refractivity contribution is 5.84. The summed E-state index contributed by atoms with van der Waals surface area (Å²) in [4.78, 5) is 12.1. The molecule has 1 aromatic carbocycles. The van der Waals surface area contributed by atoms with E-state index in [0.29, 0.717) is 23.4 Å². The molecule has 118 valence electrons. The van der Waals surface area contributed by atoms with Gasteiger partial charge in [-0.3, -0.25) is 5.32 Å². The molecule has 1 fully saturated rings. The third-order valence-electron chi connectivity index (χ3n) is 4.66. The van der Waals surface area contributed by atoms with Crippen molar-refractivity contribution in [3.63, 3.8) is 0 Å². The van der Waals surface area contributed by atoms with E-state index in [0.717, 1.165) is 18.4 Å². The van der Waals surface area contributed by atoms with E-state index in [1.54, 1.807) is 24.3 Å². The van der Waals surface area contributed by atoms with Crippen LogP contribution < -0.4 is 5.32 Å². The summed E-state index contributed by atoms with van der Waals surface area (Å²) in [5, 5.41) is 2.78. The van der Waals surface area contributed by atoms with Crippen LogP contribution in [0.3, 0.4) is 0 Å². The van der Waals surface area contributed by atoms with E-state index in [1.807, 2.05) is 0 Å². The van der Waals surface area contributed by atoms with E-state index in [-0.39, 0.29) is 12.2 Å². The molecular formula is C19H25NO2. The van der Waals surface area contributed by atoms with Crippen molar-refractivity contribution in [1.82, 2.24) is 0 Å². The summed E-state index contributed by atoms with van der Waals surface area (Å²) < 4.78 is 5.65. The molecule has 0 aromatic heterocycles. The minimum Gasteiger partial charge on any atom is -0.446 e. The van der Waals surface area contributed by atoms with Crippen molar-refractivity contribution in [2.45, 2.75) is 46.1 Å². The summed E-state index contributed by atoms with van der Waals surface area (Å²) in [5.41, 5.74) is 1.49. The Bertz CT molecular complexity index is 542. The van der Waals surface area contributed by atoms with Crippen LogP contribution in [0, 0.1) is 30.1 Å². The SMILES string of the molecule is C#Cc1ccc(NC(=O)OC2CC(C(C)C)CCC2C)cc1.